The third-order valence-electron chi connectivity index (χ3n) is 8.81. The SMILES string of the molecule is CC/C=C\C/C=C\C/C=C\C/C=C\C/C=C\C/C=C\CCC(=O)OC(/C=C\C/C=C\CCCCCC)CCCCCCCCC(=O)NCC(=O)NC(CO)C(=O)O. The molecule has 0 aliphatic carbocycles. The number of allylic oxidation sites excluding steroid dienone is 15. The first-order chi connectivity index (χ1) is 27.8. The Bertz CT molecular complexity index is 1280. The fraction of sp³-hybridized carbons (Fsp3) is 0.583. The molecule has 57 heavy (non-hydrogen) atoms. The van der Waals surface area contributed by atoms with Gasteiger partial charge in [-0.3, -0.25) is 14.4 Å². The lowest BCUT2D eigenvalue weighted by atomic mass is 10.1. The van der Waals surface area contributed by atoms with Gasteiger partial charge in [-0.25, -0.2) is 4.79 Å². The summed E-state index contributed by atoms with van der Waals surface area (Å²) in [4.78, 5) is 47.4. The molecule has 0 rings (SSSR count). The minimum absolute atomic E-state index is 0.179. The van der Waals surface area contributed by atoms with Crippen LogP contribution in [0, 0.1) is 0 Å². The summed E-state index contributed by atoms with van der Waals surface area (Å²) >= 11 is 0. The number of nitrogens with one attached hydrogen (secondary N) is 2. The van der Waals surface area contributed by atoms with E-state index in [1.54, 1.807) is 0 Å². The molecule has 9 nitrogen and oxygen atoms in total. The lowest BCUT2D eigenvalue weighted by molar-refractivity contribution is -0.147. The minimum atomic E-state index is -1.39. The van der Waals surface area contributed by atoms with Gasteiger partial charge in [-0.1, -0.05) is 150 Å². The molecule has 9 heteroatoms. The molecule has 320 valence electrons. The summed E-state index contributed by atoms with van der Waals surface area (Å²) < 4.78 is 5.88. The highest BCUT2D eigenvalue weighted by molar-refractivity contribution is 5.87. The normalized spacial score (nSPS) is 13.5. The third kappa shape index (κ3) is 38.4. The van der Waals surface area contributed by atoms with Crippen molar-refractivity contribution in [3.05, 3.63) is 97.2 Å². The van der Waals surface area contributed by atoms with E-state index in [1.807, 2.05) is 12.2 Å². The number of aliphatic hydroxyl groups excluding tert-OH is 1. The van der Waals surface area contributed by atoms with Crippen LogP contribution in [-0.4, -0.2) is 59.3 Å². The van der Waals surface area contributed by atoms with Crippen molar-refractivity contribution in [2.24, 2.45) is 0 Å². The predicted molar refractivity (Wildman–Crippen MR) is 236 cm³/mol. The topological polar surface area (TPSA) is 142 Å². The molecule has 0 heterocycles. The van der Waals surface area contributed by atoms with Crippen LogP contribution in [0.15, 0.2) is 97.2 Å². The van der Waals surface area contributed by atoms with Gasteiger partial charge in [0.05, 0.1) is 13.2 Å². The summed E-state index contributed by atoms with van der Waals surface area (Å²) in [5, 5.41) is 22.5. The number of rotatable bonds is 37. The largest absolute Gasteiger partial charge is 0.480 e. The van der Waals surface area contributed by atoms with E-state index in [0.29, 0.717) is 19.3 Å². The van der Waals surface area contributed by atoms with E-state index >= 15 is 0 Å². The number of carbonyl (C=O) groups excluding carboxylic acids is 3. The average molecular weight is 793 g/mol. The Kier molecular flexibility index (Phi) is 38.3. The molecule has 0 aliphatic rings. The molecule has 0 radical (unpaired) electrons. The number of amides is 2. The highest BCUT2D eigenvalue weighted by Crippen LogP contribution is 2.14. The molecule has 0 aromatic rings. The summed E-state index contributed by atoms with van der Waals surface area (Å²) in [5.74, 6) is -2.46. The van der Waals surface area contributed by atoms with Gasteiger partial charge >= 0.3 is 11.9 Å². The fourth-order valence-corrected chi connectivity index (χ4v) is 5.51. The van der Waals surface area contributed by atoms with Crippen LogP contribution in [0.4, 0.5) is 0 Å². The second-order valence-electron chi connectivity index (χ2n) is 14.0. The van der Waals surface area contributed by atoms with Gasteiger partial charge in [0.1, 0.15) is 12.1 Å². The van der Waals surface area contributed by atoms with Gasteiger partial charge in [0.25, 0.3) is 0 Å². The molecule has 2 amide bonds. The lowest BCUT2D eigenvalue weighted by Gasteiger charge is -2.14. The van der Waals surface area contributed by atoms with Crippen LogP contribution in [-0.2, 0) is 23.9 Å². The summed E-state index contributed by atoms with van der Waals surface area (Å²) in [6.45, 7) is 3.31. The molecule has 0 bridgehead atoms. The zero-order valence-corrected chi connectivity index (χ0v) is 35.3. The van der Waals surface area contributed by atoms with Crippen LogP contribution in [0.3, 0.4) is 0 Å². The zero-order chi connectivity index (χ0) is 41.9. The lowest BCUT2D eigenvalue weighted by Crippen LogP contribution is -2.47. The maximum absolute atomic E-state index is 12.7. The number of carboxylic acid groups (broad SMARTS) is 1. The number of hydrogen-bond donors (Lipinski definition) is 4. The van der Waals surface area contributed by atoms with Crippen molar-refractivity contribution in [2.45, 2.75) is 167 Å². The van der Waals surface area contributed by atoms with Crippen LogP contribution in [0.1, 0.15) is 155 Å². The van der Waals surface area contributed by atoms with Crippen molar-refractivity contribution in [2.75, 3.05) is 13.2 Å². The fourth-order valence-electron chi connectivity index (χ4n) is 5.51. The van der Waals surface area contributed by atoms with Crippen LogP contribution in [0.2, 0.25) is 0 Å². The van der Waals surface area contributed by atoms with E-state index in [4.69, 9.17) is 14.9 Å². The summed E-state index contributed by atoms with van der Waals surface area (Å²) in [7, 11) is 0. The average Bonchev–Trinajstić information content (AvgIpc) is 3.20. The van der Waals surface area contributed by atoms with E-state index in [0.717, 1.165) is 89.9 Å². The van der Waals surface area contributed by atoms with Gasteiger partial charge in [0, 0.05) is 12.8 Å². The van der Waals surface area contributed by atoms with Crippen LogP contribution in [0.5, 0.6) is 0 Å². The molecule has 0 spiro atoms. The second kappa shape index (κ2) is 41.4. The number of hydrogen-bond acceptors (Lipinski definition) is 6. The highest BCUT2D eigenvalue weighted by Gasteiger charge is 2.18. The first-order valence-corrected chi connectivity index (χ1v) is 21.6. The Balaban J connectivity index is 4.44. The molecular formula is C48H76N2O7. The van der Waals surface area contributed by atoms with Crippen LogP contribution in [0.25, 0.3) is 0 Å². The highest BCUT2D eigenvalue weighted by atomic mass is 16.5. The number of esters is 1. The number of carbonyl (C=O) groups is 4. The van der Waals surface area contributed by atoms with Crippen molar-refractivity contribution in [3.8, 4) is 0 Å². The molecule has 0 aromatic carbocycles. The molecule has 0 aliphatic heterocycles. The summed E-state index contributed by atoms with van der Waals surface area (Å²) in [6.07, 6.45) is 54.6. The minimum Gasteiger partial charge on any atom is -0.480 e. The van der Waals surface area contributed by atoms with Gasteiger partial charge in [-0.15, -0.1) is 0 Å². The summed E-state index contributed by atoms with van der Waals surface area (Å²) in [6, 6.07) is -1.39. The predicted octanol–water partition coefficient (Wildman–Crippen LogP) is 10.6. The van der Waals surface area contributed by atoms with Crippen LogP contribution < -0.4 is 10.6 Å². The van der Waals surface area contributed by atoms with Gasteiger partial charge in [0.15, 0.2) is 0 Å². The van der Waals surface area contributed by atoms with Gasteiger partial charge in [0.2, 0.25) is 11.8 Å². The Morgan fingerprint density at radius 2 is 1.07 bits per heavy atom. The smallest absolute Gasteiger partial charge is 0.328 e. The van der Waals surface area contributed by atoms with Crippen molar-refractivity contribution < 1.29 is 34.1 Å². The van der Waals surface area contributed by atoms with Crippen molar-refractivity contribution in [1.82, 2.24) is 10.6 Å². The molecule has 2 unspecified atom stereocenters. The van der Waals surface area contributed by atoms with Gasteiger partial charge < -0.3 is 25.6 Å². The monoisotopic (exact) mass is 793 g/mol. The summed E-state index contributed by atoms with van der Waals surface area (Å²) in [5.41, 5.74) is 0. The number of unbranched alkanes of at least 4 members (excludes halogenated alkanes) is 9. The van der Waals surface area contributed by atoms with E-state index in [9.17, 15) is 19.2 Å². The molecule has 0 saturated carbocycles. The Hall–Kier alpha value is -4.24. The van der Waals surface area contributed by atoms with E-state index in [2.05, 4.69) is 110 Å². The van der Waals surface area contributed by atoms with Crippen molar-refractivity contribution in [3.63, 3.8) is 0 Å². The van der Waals surface area contributed by atoms with Crippen molar-refractivity contribution in [1.29, 1.82) is 0 Å². The first-order valence-electron chi connectivity index (χ1n) is 21.6. The quantitative estimate of drug-likeness (QED) is 0.0279. The molecule has 0 aromatic heterocycles. The molecular weight excluding hydrogens is 717 g/mol. The van der Waals surface area contributed by atoms with E-state index in [1.165, 1.54) is 25.7 Å². The maximum Gasteiger partial charge on any atom is 0.328 e. The van der Waals surface area contributed by atoms with Gasteiger partial charge in [-0.2, -0.15) is 0 Å². The van der Waals surface area contributed by atoms with Crippen molar-refractivity contribution >= 4 is 23.8 Å². The second-order valence-corrected chi connectivity index (χ2v) is 14.0. The Labute approximate surface area is 345 Å². The van der Waals surface area contributed by atoms with E-state index < -0.39 is 24.5 Å². The number of aliphatic carboxylic acids is 1. The molecule has 2 atom stereocenters. The number of ether oxygens (including phenoxy) is 1. The van der Waals surface area contributed by atoms with Crippen LogP contribution >= 0.6 is 0 Å². The Morgan fingerprint density at radius 1 is 0.561 bits per heavy atom. The standard InChI is InChI=1S/C48H76N2O7/c1-3-5-7-9-11-13-14-15-16-17-18-19-20-21-22-24-26-32-36-40-47(54)57-43(37-33-29-25-23-12-10-8-6-4-2)38-34-30-27-28-31-35-39-45(52)49-41-46(53)50-44(42-51)48(55)56/h5,7,11,13,15-16,18-19,21-23,25-26,32-33,37,43-44,51H,3-4,6,8-10,12,14,17,20,24,27-31,34-36,38-42H2,1-2H3,(H,49,52)(H,50,53)(H,55,56)/b7-5-,13-11-,16-15-,19-18-,22-21-,25-23-,32-26-,37-33-. The van der Waals surface area contributed by atoms with E-state index in [-0.39, 0.29) is 30.9 Å². The maximum atomic E-state index is 12.7. The number of aliphatic hydroxyl groups is 1. The first kappa shape index (κ1) is 52.8. The molecule has 4 N–H and O–H groups in total. The number of carboxylic acids is 1. The Morgan fingerprint density at radius 3 is 1.63 bits per heavy atom. The van der Waals surface area contributed by atoms with Gasteiger partial charge in [-0.05, 0) is 89.5 Å². The zero-order valence-electron chi connectivity index (χ0n) is 35.3. The third-order valence-corrected chi connectivity index (χ3v) is 8.81. The molecule has 0 fully saturated rings. The molecule has 0 saturated heterocycles.